The Morgan fingerprint density at radius 1 is 1.56 bits per heavy atom. The van der Waals surface area contributed by atoms with E-state index in [-0.39, 0.29) is 0 Å². The van der Waals surface area contributed by atoms with Crippen molar-refractivity contribution in [3.05, 3.63) is 36.3 Å². The van der Waals surface area contributed by atoms with Crippen LogP contribution in [-0.4, -0.2) is 31.3 Å². The molecule has 0 aromatic heterocycles. The predicted molar refractivity (Wildman–Crippen MR) is 79.6 cm³/mol. The molecule has 1 saturated heterocycles. The maximum atomic E-state index is 4.15. The predicted octanol–water partition coefficient (Wildman–Crippen LogP) is 2.94. The Balaban J connectivity index is 2.93. The molecule has 0 aromatic carbocycles. The first-order valence-corrected chi connectivity index (χ1v) is 6.70. The van der Waals surface area contributed by atoms with Crippen molar-refractivity contribution in [3.63, 3.8) is 0 Å². The van der Waals surface area contributed by atoms with E-state index in [0.29, 0.717) is 5.92 Å². The maximum absolute atomic E-state index is 4.15. The molecule has 1 atom stereocenters. The fraction of sp³-hybridized carbons (Fsp3) is 0.533. The average molecular weight is 247 g/mol. The smallest absolute Gasteiger partial charge is 0.0459 e. The van der Waals surface area contributed by atoms with Gasteiger partial charge in [-0.05, 0) is 39.1 Å². The first-order chi connectivity index (χ1) is 8.74. The molecular weight excluding hydrogens is 222 g/mol. The number of nitrogens with zero attached hydrogens (tertiary/aromatic N) is 2. The van der Waals surface area contributed by atoms with Crippen LogP contribution < -0.4 is 5.32 Å². The van der Waals surface area contributed by atoms with Crippen molar-refractivity contribution in [1.82, 2.24) is 10.2 Å². The molecular formula is C15H25N3. The third-order valence-electron chi connectivity index (χ3n) is 3.17. The van der Waals surface area contributed by atoms with Gasteiger partial charge in [0.05, 0.1) is 0 Å². The zero-order chi connectivity index (χ0) is 13.4. The highest BCUT2D eigenvalue weighted by Gasteiger charge is 2.23. The molecule has 0 unspecified atom stereocenters. The van der Waals surface area contributed by atoms with Gasteiger partial charge in [0.2, 0.25) is 0 Å². The zero-order valence-electron chi connectivity index (χ0n) is 11.7. The van der Waals surface area contributed by atoms with E-state index in [1.165, 1.54) is 5.70 Å². The summed E-state index contributed by atoms with van der Waals surface area (Å²) >= 11 is 0. The summed E-state index contributed by atoms with van der Waals surface area (Å²) in [5.74, 6) is 0.518. The first-order valence-electron chi connectivity index (χ1n) is 6.70. The Morgan fingerprint density at radius 3 is 2.83 bits per heavy atom. The van der Waals surface area contributed by atoms with Crippen LogP contribution in [0, 0.1) is 5.92 Å². The number of nitrogens with one attached hydrogen (secondary N) is 1. The first kappa shape index (κ1) is 14.7. The number of allylic oxidation sites excluding steroid dienone is 2. The van der Waals surface area contributed by atoms with Crippen molar-refractivity contribution in [2.45, 2.75) is 26.7 Å². The number of rotatable bonds is 7. The Hall–Kier alpha value is -1.35. The molecule has 1 N–H and O–H groups in total. The summed E-state index contributed by atoms with van der Waals surface area (Å²) in [4.78, 5) is 6.25. The molecule has 0 saturated carbocycles. The highest BCUT2D eigenvalue weighted by molar-refractivity contribution is 5.29. The highest BCUT2D eigenvalue weighted by Crippen LogP contribution is 2.25. The summed E-state index contributed by atoms with van der Waals surface area (Å²) in [7, 11) is 0. The number of aliphatic imine (C=N–C) groups is 1. The van der Waals surface area contributed by atoms with Crippen LogP contribution in [-0.2, 0) is 0 Å². The number of hydrogen-bond acceptors (Lipinski definition) is 3. The van der Waals surface area contributed by atoms with Crippen LogP contribution in [0.1, 0.15) is 26.7 Å². The van der Waals surface area contributed by atoms with Crippen molar-refractivity contribution >= 4 is 6.72 Å². The largest absolute Gasteiger partial charge is 0.344 e. The van der Waals surface area contributed by atoms with Crippen LogP contribution in [0.25, 0.3) is 0 Å². The Bertz CT molecular complexity index is 336. The van der Waals surface area contributed by atoms with E-state index in [1.807, 2.05) is 19.2 Å². The van der Waals surface area contributed by atoms with Gasteiger partial charge in [0.15, 0.2) is 0 Å². The monoisotopic (exact) mass is 247 g/mol. The van der Waals surface area contributed by atoms with Crippen LogP contribution in [0.3, 0.4) is 0 Å². The van der Waals surface area contributed by atoms with E-state index in [9.17, 15) is 0 Å². The van der Waals surface area contributed by atoms with Crippen LogP contribution in [0.4, 0.5) is 0 Å². The summed E-state index contributed by atoms with van der Waals surface area (Å²) in [6, 6.07) is 0. The zero-order valence-corrected chi connectivity index (χ0v) is 11.7. The second kappa shape index (κ2) is 7.88. The summed E-state index contributed by atoms with van der Waals surface area (Å²) in [5, 5.41) is 3.40. The molecule has 0 radical (unpaired) electrons. The molecule has 1 fully saturated rings. The molecule has 3 heteroatoms. The van der Waals surface area contributed by atoms with Crippen molar-refractivity contribution in [1.29, 1.82) is 0 Å². The lowest BCUT2D eigenvalue weighted by Gasteiger charge is -2.30. The quantitative estimate of drug-likeness (QED) is 0.553. The van der Waals surface area contributed by atoms with Gasteiger partial charge in [-0.1, -0.05) is 19.6 Å². The Labute approximate surface area is 111 Å². The topological polar surface area (TPSA) is 27.6 Å². The van der Waals surface area contributed by atoms with Gasteiger partial charge in [0.25, 0.3) is 0 Å². The van der Waals surface area contributed by atoms with Gasteiger partial charge < -0.3 is 10.2 Å². The summed E-state index contributed by atoms with van der Waals surface area (Å²) in [6.07, 6.45) is 8.21. The molecule has 100 valence electrons. The lowest BCUT2D eigenvalue weighted by Crippen LogP contribution is -2.28. The second-order valence-corrected chi connectivity index (χ2v) is 4.57. The summed E-state index contributed by atoms with van der Waals surface area (Å²) < 4.78 is 0. The lowest BCUT2D eigenvalue weighted by atomic mass is 10.0. The molecule has 3 nitrogen and oxygen atoms in total. The fourth-order valence-corrected chi connectivity index (χ4v) is 2.34. The average Bonchev–Trinajstić information content (AvgIpc) is 2.87. The van der Waals surface area contributed by atoms with Gasteiger partial charge in [-0.3, -0.25) is 4.99 Å². The van der Waals surface area contributed by atoms with Gasteiger partial charge in [0, 0.05) is 36.6 Å². The second-order valence-electron chi connectivity index (χ2n) is 4.57. The van der Waals surface area contributed by atoms with Gasteiger partial charge in [-0.2, -0.15) is 0 Å². The van der Waals surface area contributed by atoms with Crippen molar-refractivity contribution in [2.24, 2.45) is 10.9 Å². The minimum absolute atomic E-state index is 0.518. The molecule has 1 rings (SSSR count). The molecule has 0 bridgehead atoms. The lowest BCUT2D eigenvalue weighted by molar-refractivity contribution is 0.381. The molecule has 0 aliphatic carbocycles. The van der Waals surface area contributed by atoms with Crippen LogP contribution >= 0.6 is 0 Å². The van der Waals surface area contributed by atoms with E-state index >= 15 is 0 Å². The minimum atomic E-state index is 0.518. The molecule has 1 heterocycles. The normalized spacial score (nSPS) is 20.3. The Morgan fingerprint density at radius 2 is 2.33 bits per heavy atom. The highest BCUT2D eigenvalue weighted by atomic mass is 15.2. The van der Waals surface area contributed by atoms with Gasteiger partial charge in [-0.25, -0.2) is 0 Å². The molecule has 0 aromatic rings. The minimum Gasteiger partial charge on any atom is -0.344 e. The van der Waals surface area contributed by atoms with Crippen molar-refractivity contribution < 1.29 is 0 Å². The van der Waals surface area contributed by atoms with Gasteiger partial charge in [-0.15, -0.1) is 0 Å². The maximum Gasteiger partial charge on any atom is 0.0459 e. The molecule has 1 aliphatic heterocycles. The van der Waals surface area contributed by atoms with Crippen LogP contribution in [0.5, 0.6) is 0 Å². The van der Waals surface area contributed by atoms with E-state index in [1.54, 1.807) is 0 Å². The van der Waals surface area contributed by atoms with Crippen LogP contribution in [0.15, 0.2) is 41.3 Å². The summed E-state index contributed by atoms with van der Waals surface area (Å²) in [5.41, 5.74) is 2.26. The van der Waals surface area contributed by atoms with E-state index < -0.39 is 0 Å². The van der Waals surface area contributed by atoms with Crippen molar-refractivity contribution in [2.75, 3.05) is 19.6 Å². The van der Waals surface area contributed by atoms with E-state index in [4.69, 9.17) is 0 Å². The standard InChI is InChI=1S/C15H25N3/c1-5-7-13(3)18(10-6-2)15(12-16-4)14-8-9-17-11-14/h5,7,12,14,17H,3-4,6,8-11H2,1-2H3/b7-5-,15-12-/t14-/m1/s1. The SMILES string of the molecule is C=N/C=C(/[C@@H]1CCNC1)N(CCC)C(=C)/C=C\C. The Kier molecular flexibility index (Phi) is 6.44. The molecule has 0 spiro atoms. The third kappa shape index (κ3) is 3.84. The van der Waals surface area contributed by atoms with Gasteiger partial charge >= 0.3 is 0 Å². The molecule has 18 heavy (non-hydrogen) atoms. The van der Waals surface area contributed by atoms with Crippen molar-refractivity contribution in [3.8, 4) is 0 Å². The molecule has 1 aliphatic rings. The van der Waals surface area contributed by atoms with Crippen LogP contribution in [0.2, 0.25) is 0 Å². The van der Waals surface area contributed by atoms with Gasteiger partial charge in [0.1, 0.15) is 0 Å². The third-order valence-corrected chi connectivity index (χ3v) is 3.17. The van der Waals surface area contributed by atoms with E-state index in [2.05, 4.69) is 41.5 Å². The fourth-order valence-electron chi connectivity index (χ4n) is 2.34. The molecule has 0 amide bonds. The van der Waals surface area contributed by atoms with E-state index in [0.717, 1.165) is 38.2 Å². The summed E-state index contributed by atoms with van der Waals surface area (Å²) in [6.45, 7) is 15.0. The number of hydrogen-bond donors (Lipinski definition) is 1.